The lowest BCUT2D eigenvalue weighted by atomic mass is 10.2. The van der Waals surface area contributed by atoms with Gasteiger partial charge in [-0.2, -0.15) is 0 Å². The van der Waals surface area contributed by atoms with Crippen LogP contribution in [0.5, 0.6) is 0 Å². The fourth-order valence-corrected chi connectivity index (χ4v) is 1.65. The average Bonchev–Trinajstić information content (AvgIpc) is 2.46. The molecule has 0 spiro atoms. The maximum absolute atomic E-state index is 10.7. The summed E-state index contributed by atoms with van der Waals surface area (Å²) in [5.41, 5.74) is 1.96. The molecule has 0 aliphatic heterocycles. The number of carbonyl (C=O) groups is 1. The molecule has 0 aliphatic carbocycles. The van der Waals surface area contributed by atoms with Gasteiger partial charge in [-0.15, -0.1) is 0 Å². The van der Waals surface area contributed by atoms with Crippen molar-refractivity contribution in [2.45, 2.75) is 19.5 Å². The number of carboxylic acid groups (broad SMARTS) is 1. The minimum absolute atomic E-state index is 0.113. The first-order valence-corrected chi connectivity index (χ1v) is 5.99. The Morgan fingerprint density at radius 2 is 2.16 bits per heavy atom. The Balaban J connectivity index is 1.93. The van der Waals surface area contributed by atoms with Crippen molar-refractivity contribution in [2.24, 2.45) is 0 Å². The van der Waals surface area contributed by atoms with Crippen LogP contribution < -0.4 is 5.32 Å². The van der Waals surface area contributed by atoms with Crippen molar-refractivity contribution in [3.8, 4) is 0 Å². The lowest BCUT2D eigenvalue weighted by molar-refractivity contribution is 0.0696. The number of nitrogens with zero attached hydrogens (tertiary/aromatic N) is 2. The van der Waals surface area contributed by atoms with Gasteiger partial charge in [0, 0.05) is 25.0 Å². The minimum Gasteiger partial charge on any atom is -0.478 e. The molecule has 2 rings (SSSR count). The highest BCUT2D eigenvalue weighted by Crippen LogP contribution is 2.09. The summed E-state index contributed by atoms with van der Waals surface area (Å²) in [6.45, 7) is 2.59. The summed E-state index contributed by atoms with van der Waals surface area (Å²) in [6, 6.07) is 9.16. The number of hydrogen-bond acceptors (Lipinski definition) is 4. The van der Waals surface area contributed by atoms with Gasteiger partial charge in [0.2, 0.25) is 0 Å². The van der Waals surface area contributed by atoms with Crippen molar-refractivity contribution in [1.82, 2.24) is 15.3 Å². The Hall–Kier alpha value is -2.27. The first-order valence-electron chi connectivity index (χ1n) is 5.99. The topological polar surface area (TPSA) is 75.1 Å². The van der Waals surface area contributed by atoms with Crippen LogP contribution in [0.1, 0.15) is 34.7 Å². The molecule has 0 saturated heterocycles. The van der Waals surface area contributed by atoms with E-state index in [-0.39, 0.29) is 11.6 Å². The highest BCUT2D eigenvalue weighted by atomic mass is 16.4. The molecule has 0 fully saturated rings. The second-order valence-corrected chi connectivity index (χ2v) is 4.20. The molecule has 0 bridgehead atoms. The molecule has 2 aromatic heterocycles. The third-order valence-electron chi connectivity index (χ3n) is 2.79. The van der Waals surface area contributed by atoms with Gasteiger partial charge in [0.1, 0.15) is 0 Å². The number of rotatable bonds is 5. The molecule has 2 aromatic rings. The van der Waals surface area contributed by atoms with Gasteiger partial charge in [0.25, 0.3) is 0 Å². The van der Waals surface area contributed by atoms with E-state index in [4.69, 9.17) is 5.11 Å². The normalized spacial score (nSPS) is 12.1. The predicted molar refractivity (Wildman–Crippen MR) is 70.7 cm³/mol. The van der Waals surface area contributed by atoms with Crippen LogP contribution in [-0.4, -0.2) is 21.0 Å². The predicted octanol–water partition coefficient (Wildman–Crippen LogP) is 2.03. The van der Waals surface area contributed by atoms with Crippen LogP contribution >= 0.6 is 0 Å². The Kier molecular flexibility index (Phi) is 4.20. The SMILES string of the molecule is C[C@H](NCc1ccc(C(=O)O)cn1)c1ccccn1. The van der Waals surface area contributed by atoms with Crippen LogP contribution in [0.2, 0.25) is 0 Å². The summed E-state index contributed by atoms with van der Waals surface area (Å²) in [7, 11) is 0. The van der Waals surface area contributed by atoms with E-state index in [9.17, 15) is 4.79 Å². The van der Waals surface area contributed by atoms with Gasteiger partial charge in [-0.1, -0.05) is 6.07 Å². The molecular weight excluding hydrogens is 242 g/mol. The summed E-state index contributed by atoms with van der Waals surface area (Å²) in [5.74, 6) is -0.964. The van der Waals surface area contributed by atoms with Gasteiger partial charge in [-0.25, -0.2) is 4.79 Å². The average molecular weight is 257 g/mol. The zero-order valence-corrected chi connectivity index (χ0v) is 10.6. The zero-order chi connectivity index (χ0) is 13.7. The number of pyridine rings is 2. The van der Waals surface area contributed by atoms with E-state index in [1.165, 1.54) is 6.20 Å². The highest BCUT2D eigenvalue weighted by molar-refractivity contribution is 5.87. The summed E-state index contributed by atoms with van der Waals surface area (Å²) in [4.78, 5) is 19.1. The van der Waals surface area contributed by atoms with E-state index in [1.54, 1.807) is 18.3 Å². The number of aromatic nitrogens is 2. The molecule has 5 heteroatoms. The molecule has 0 unspecified atom stereocenters. The lowest BCUT2D eigenvalue weighted by Crippen LogP contribution is -2.19. The van der Waals surface area contributed by atoms with E-state index < -0.39 is 5.97 Å². The number of hydrogen-bond donors (Lipinski definition) is 2. The van der Waals surface area contributed by atoms with Gasteiger partial charge in [0.05, 0.1) is 17.0 Å². The molecule has 0 aliphatic rings. The highest BCUT2D eigenvalue weighted by Gasteiger charge is 2.07. The van der Waals surface area contributed by atoms with Crippen LogP contribution in [0.15, 0.2) is 42.7 Å². The third-order valence-corrected chi connectivity index (χ3v) is 2.79. The molecule has 0 saturated carbocycles. The first-order chi connectivity index (χ1) is 9.16. The van der Waals surface area contributed by atoms with Crippen molar-refractivity contribution in [3.63, 3.8) is 0 Å². The third kappa shape index (κ3) is 3.59. The number of aromatic carboxylic acids is 1. The second kappa shape index (κ2) is 6.06. The van der Waals surface area contributed by atoms with E-state index in [0.717, 1.165) is 11.4 Å². The molecule has 5 nitrogen and oxygen atoms in total. The number of nitrogens with one attached hydrogen (secondary N) is 1. The smallest absolute Gasteiger partial charge is 0.337 e. The monoisotopic (exact) mass is 257 g/mol. The Bertz CT molecular complexity index is 540. The van der Waals surface area contributed by atoms with Gasteiger partial charge in [0.15, 0.2) is 0 Å². The van der Waals surface area contributed by atoms with Gasteiger partial charge < -0.3 is 10.4 Å². The minimum atomic E-state index is -0.964. The largest absolute Gasteiger partial charge is 0.478 e. The van der Waals surface area contributed by atoms with Crippen LogP contribution in [0, 0.1) is 0 Å². The fraction of sp³-hybridized carbons (Fsp3) is 0.214. The molecular formula is C14H15N3O2. The Morgan fingerprint density at radius 3 is 2.74 bits per heavy atom. The summed E-state index contributed by atoms with van der Waals surface area (Å²) < 4.78 is 0. The molecule has 0 amide bonds. The molecule has 2 heterocycles. The maximum atomic E-state index is 10.7. The van der Waals surface area contributed by atoms with Gasteiger partial charge in [-0.3, -0.25) is 9.97 Å². The van der Waals surface area contributed by atoms with Crippen LogP contribution in [0.3, 0.4) is 0 Å². The van der Waals surface area contributed by atoms with Crippen LogP contribution in [0.4, 0.5) is 0 Å². The molecule has 1 atom stereocenters. The molecule has 0 aromatic carbocycles. The quantitative estimate of drug-likeness (QED) is 0.857. The molecule has 2 N–H and O–H groups in total. The summed E-state index contributed by atoms with van der Waals surface area (Å²) in [6.07, 6.45) is 3.12. The zero-order valence-electron chi connectivity index (χ0n) is 10.6. The summed E-state index contributed by atoms with van der Waals surface area (Å²) in [5, 5.41) is 12.1. The lowest BCUT2D eigenvalue weighted by Gasteiger charge is -2.12. The van der Waals surface area contributed by atoms with Crippen molar-refractivity contribution in [1.29, 1.82) is 0 Å². The molecule has 0 radical (unpaired) electrons. The van der Waals surface area contributed by atoms with Crippen molar-refractivity contribution < 1.29 is 9.90 Å². The van der Waals surface area contributed by atoms with E-state index >= 15 is 0 Å². The van der Waals surface area contributed by atoms with Crippen molar-refractivity contribution >= 4 is 5.97 Å². The number of carboxylic acids is 1. The summed E-state index contributed by atoms with van der Waals surface area (Å²) >= 11 is 0. The van der Waals surface area contributed by atoms with Gasteiger partial charge >= 0.3 is 5.97 Å². The maximum Gasteiger partial charge on any atom is 0.337 e. The fourth-order valence-electron chi connectivity index (χ4n) is 1.65. The first kappa shape index (κ1) is 13.2. The Labute approximate surface area is 111 Å². The Morgan fingerprint density at radius 1 is 1.32 bits per heavy atom. The second-order valence-electron chi connectivity index (χ2n) is 4.20. The molecule has 98 valence electrons. The van der Waals surface area contributed by atoms with E-state index in [1.807, 2.05) is 25.1 Å². The van der Waals surface area contributed by atoms with Crippen LogP contribution in [-0.2, 0) is 6.54 Å². The molecule has 19 heavy (non-hydrogen) atoms. The van der Waals surface area contributed by atoms with E-state index in [0.29, 0.717) is 6.54 Å². The van der Waals surface area contributed by atoms with E-state index in [2.05, 4.69) is 15.3 Å². The van der Waals surface area contributed by atoms with Crippen molar-refractivity contribution in [2.75, 3.05) is 0 Å². The standard InChI is InChI=1S/C14H15N3O2/c1-10(13-4-2-3-7-15-13)16-9-12-6-5-11(8-17-12)14(18)19/h2-8,10,16H,9H2,1H3,(H,18,19)/t10-/m0/s1. The van der Waals surface area contributed by atoms with Crippen LogP contribution in [0.25, 0.3) is 0 Å². The van der Waals surface area contributed by atoms with Crippen molar-refractivity contribution in [3.05, 3.63) is 59.7 Å². The van der Waals surface area contributed by atoms with Gasteiger partial charge in [-0.05, 0) is 31.2 Å².